The van der Waals surface area contributed by atoms with Gasteiger partial charge in [0.1, 0.15) is 11.6 Å². The van der Waals surface area contributed by atoms with Gasteiger partial charge in [0.25, 0.3) is 6.43 Å². The van der Waals surface area contributed by atoms with Gasteiger partial charge in [0.15, 0.2) is 5.82 Å². The molecular formula is C31H45F2N7O2. The first-order valence-electron chi connectivity index (χ1n) is 15.0. The topological polar surface area (TPSA) is 100 Å². The molecule has 0 radical (unpaired) electrons. The lowest BCUT2D eigenvalue weighted by Gasteiger charge is -2.28. The van der Waals surface area contributed by atoms with Gasteiger partial charge in [-0.15, -0.1) is 6.58 Å². The number of aromatic nitrogens is 4. The largest absolute Gasteiger partial charge is 0.389 e. The maximum atomic E-state index is 13.9. The second-order valence-electron chi connectivity index (χ2n) is 11.6. The molecule has 1 aliphatic carbocycles. The molecule has 2 aliphatic rings. The summed E-state index contributed by atoms with van der Waals surface area (Å²) in [4.78, 5) is 15.7. The molecular weight excluding hydrogens is 540 g/mol. The molecule has 230 valence electrons. The van der Waals surface area contributed by atoms with Crippen LogP contribution in [0.15, 0.2) is 43.0 Å². The van der Waals surface area contributed by atoms with Crippen molar-refractivity contribution in [1.29, 1.82) is 0 Å². The van der Waals surface area contributed by atoms with E-state index in [4.69, 9.17) is 9.72 Å². The second kappa shape index (κ2) is 14.8. The minimum Gasteiger partial charge on any atom is -0.389 e. The van der Waals surface area contributed by atoms with Gasteiger partial charge in [0.05, 0.1) is 29.8 Å². The minimum absolute atomic E-state index is 0.102. The fourth-order valence-electron chi connectivity index (χ4n) is 5.14. The average Bonchev–Trinajstić information content (AvgIpc) is 3.40. The van der Waals surface area contributed by atoms with Crippen LogP contribution < -0.4 is 15.5 Å². The van der Waals surface area contributed by atoms with Crippen molar-refractivity contribution in [3.8, 4) is 5.82 Å². The van der Waals surface area contributed by atoms with Crippen LogP contribution in [0.5, 0.6) is 0 Å². The first kappa shape index (κ1) is 31.8. The molecule has 42 heavy (non-hydrogen) atoms. The Morgan fingerprint density at radius 3 is 2.45 bits per heavy atom. The zero-order chi connectivity index (χ0) is 30.1. The first-order chi connectivity index (χ1) is 20.2. The van der Waals surface area contributed by atoms with E-state index >= 15 is 0 Å². The molecule has 2 fully saturated rings. The number of imidazole rings is 1. The summed E-state index contributed by atoms with van der Waals surface area (Å²) in [6, 6.07) is 9.03. The van der Waals surface area contributed by atoms with Gasteiger partial charge in [-0.2, -0.15) is 9.97 Å². The predicted octanol–water partition coefficient (Wildman–Crippen LogP) is 5.50. The fraction of sp³-hybridized carbons (Fsp3) is 0.581. The number of fused-ring (bicyclic) bond motifs is 1. The molecule has 1 unspecified atom stereocenters. The third kappa shape index (κ3) is 8.45. The zero-order valence-corrected chi connectivity index (χ0v) is 25.0. The molecule has 1 aliphatic heterocycles. The molecule has 0 spiro atoms. The predicted molar refractivity (Wildman–Crippen MR) is 164 cm³/mol. The summed E-state index contributed by atoms with van der Waals surface area (Å²) in [5.41, 5.74) is 0.474. The van der Waals surface area contributed by atoms with Gasteiger partial charge in [0, 0.05) is 38.3 Å². The third-order valence-electron chi connectivity index (χ3n) is 7.95. The number of ether oxygens (including phenoxy) is 1. The number of para-hydroxylation sites is 2. The van der Waals surface area contributed by atoms with Crippen molar-refractivity contribution in [3.05, 3.63) is 48.8 Å². The molecule has 3 aromatic rings. The Bertz CT molecular complexity index is 1280. The first-order valence-corrected chi connectivity index (χ1v) is 15.0. The van der Waals surface area contributed by atoms with Crippen molar-refractivity contribution in [3.63, 3.8) is 0 Å². The summed E-state index contributed by atoms with van der Waals surface area (Å²) >= 11 is 0. The highest BCUT2D eigenvalue weighted by atomic mass is 19.3. The highest BCUT2D eigenvalue weighted by Crippen LogP contribution is 2.30. The number of halogens is 2. The lowest BCUT2D eigenvalue weighted by Crippen LogP contribution is -2.44. The summed E-state index contributed by atoms with van der Waals surface area (Å²) in [7, 11) is 0. The van der Waals surface area contributed by atoms with Crippen LogP contribution in [0, 0.1) is 5.92 Å². The van der Waals surface area contributed by atoms with Crippen LogP contribution in [0.1, 0.15) is 65.1 Å². The Hall–Kier alpha value is -3.15. The Balaban J connectivity index is 0.000000349. The van der Waals surface area contributed by atoms with Gasteiger partial charge in [0.2, 0.25) is 5.95 Å². The number of aliphatic hydroxyl groups is 1. The second-order valence-corrected chi connectivity index (χ2v) is 11.6. The fourth-order valence-corrected chi connectivity index (χ4v) is 5.14. The zero-order valence-electron chi connectivity index (χ0n) is 25.0. The molecule has 5 rings (SSSR count). The van der Waals surface area contributed by atoms with E-state index in [9.17, 15) is 13.9 Å². The van der Waals surface area contributed by atoms with E-state index in [1.165, 1.54) is 36.7 Å². The maximum Gasteiger partial charge on any atom is 0.296 e. The summed E-state index contributed by atoms with van der Waals surface area (Å²) in [5, 5.41) is 15.9. The molecule has 1 atom stereocenters. The van der Waals surface area contributed by atoms with Crippen LogP contribution in [0.2, 0.25) is 0 Å². The van der Waals surface area contributed by atoms with Gasteiger partial charge < -0.3 is 25.4 Å². The number of nitrogens with one attached hydrogen (secondary N) is 2. The summed E-state index contributed by atoms with van der Waals surface area (Å²) in [6.45, 7) is 13.2. The standard InChI is InChI=1S/C23H28F2N6O.C8H17NO/c24-21(25)22-27-17-8-4-5-9-18(17)31(22)20-14-19(30-10-12-32-13-11-30)28-23(29-20)26-15-16-6-2-1-3-7-16;1-5-6-9-7(2)8(3,4)10/h4-5,8-9,14,16,21H,1-3,6-7,10-13,15H2,(H,26,28,29);5,7,9-10H,1,6H2,2-4H3. The number of hydrogen-bond donors (Lipinski definition) is 3. The van der Waals surface area contributed by atoms with Crippen LogP contribution in [0.4, 0.5) is 20.5 Å². The highest BCUT2D eigenvalue weighted by molar-refractivity contribution is 5.78. The number of anilines is 2. The Morgan fingerprint density at radius 2 is 1.79 bits per heavy atom. The summed E-state index contributed by atoms with van der Waals surface area (Å²) < 4.78 is 34.8. The Kier molecular flexibility index (Phi) is 11.2. The van der Waals surface area contributed by atoms with E-state index in [-0.39, 0.29) is 11.9 Å². The van der Waals surface area contributed by atoms with Gasteiger partial charge in [-0.3, -0.25) is 4.57 Å². The van der Waals surface area contributed by atoms with Gasteiger partial charge in [-0.25, -0.2) is 13.8 Å². The lowest BCUT2D eigenvalue weighted by atomic mass is 9.89. The number of benzene rings is 1. The maximum absolute atomic E-state index is 13.9. The van der Waals surface area contributed by atoms with Crippen LogP contribution >= 0.6 is 0 Å². The number of nitrogens with zero attached hydrogens (tertiary/aromatic N) is 5. The monoisotopic (exact) mass is 585 g/mol. The van der Waals surface area contributed by atoms with Crippen molar-refractivity contribution in [2.24, 2.45) is 5.92 Å². The van der Waals surface area contributed by atoms with Gasteiger partial charge in [-0.1, -0.05) is 37.5 Å². The summed E-state index contributed by atoms with van der Waals surface area (Å²) in [5.74, 6) is 1.86. The molecule has 3 heterocycles. The minimum atomic E-state index is -2.72. The SMILES string of the molecule is C=CCNC(C)C(C)(C)O.FC(F)c1nc2ccccc2n1-c1cc(N2CCOCC2)nc(NCC2CCCCC2)n1. The average molecular weight is 586 g/mol. The van der Waals surface area contributed by atoms with Gasteiger partial charge in [-0.05, 0) is 51.7 Å². The van der Waals surface area contributed by atoms with E-state index in [0.29, 0.717) is 60.8 Å². The smallest absolute Gasteiger partial charge is 0.296 e. The van der Waals surface area contributed by atoms with E-state index in [1.54, 1.807) is 44.2 Å². The van der Waals surface area contributed by atoms with Crippen LogP contribution in [-0.4, -0.2) is 75.7 Å². The Morgan fingerprint density at radius 1 is 1.10 bits per heavy atom. The van der Waals surface area contributed by atoms with Gasteiger partial charge >= 0.3 is 0 Å². The van der Waals surface area contributed by atoms with Crippen molar-refractivity contribution in [2.45, 2.75) is 70.9 Å². The molecule has 2 aromatic heterocycles. The Labute approximate surface area is 247 Å². The van der Waals surface area contributed by atoms with Crippen LogP contribution in [-0.2, 0) is 4.74 Å². The molecule has 9 nitrogen and oxygen atoms in total. The molecule has 1 saturated carbocycles. The highest BCUT2D eigenvalue weighted by Gasteiger charge is 2.24. The molecule has 0 amide bonds. The van der Waals surface area contributed by atoms with Crippen molar-refractivity contribution in [2.75, 3.05) is 49.6 Å². The molecule has 3 N–H and O–H groups in total. The lowest BCUT2D eigenvalue weighted by molar-refractivity contribution is 0.0457. The van der Waals surface area contributed by atoms with E-state index in [0.717, 1.165) is 13.1 Å². The van der Waals surface area contributed by atoms with Crippen LogP contribution in [0.25, 0.3) is 16.9 Å². The quantitative estimate of drug-likeness (QED) is 0.268. The van der Waals surface area contributed by atoms with Crippen molar-refractivity contribution >= 4 is 22.8 Å². The van der Waals surface area contributed by atoms with E-state index < -0.39 is 12.0 Å². The third-order valence-corrected chi connectivity index (χ3v) is 7.95. The van der Waals surface area contributed by atoms with Crippen molar-refractivity contribution in [1.82, 2.24) is 24.8 Å². The number of alkyl halides is 2. The normalized spacial score (nSPS) is 17.2. The number of rotatable bonds is 10. The number of morpholine rings is 1. The molecule has 0 bridgehead atoms. The number of hydrogen-bond acceptors (Lipinski definition) is 8. The molecule has 1 aromatic carbocycles. The summed E-state index contributed by atoms with van der Waals surface area (Å²) in [6.07, 6.45) is 5.27. The van der Waals surface area contributed by atoms with E-state index in [2.05, 4.69) is 32.1 Å². The van der Waals surface area contributed by atoms with E-state index in [1.807, 2.05) is 13.0 Å². The molecule has 1 saturated heterocycles. The van der Waals surface area contributed by atoms with Crippen LogP contribution in [0.3, 0.4) is 0 Å². The molecule has 11 heteroatoms. The van der Waals surface area contributed by atoms with Crippen molar-refractivity contribution < 1.29 is 18.6 Å².